The molecule has 140 valence electrons. The number of methoxy groups -OCH3 is 1. The van der Waals surface area contributed by atoms with Gasteiger partial charge >= 0.3 is 0 Å². The Morgan fingerprint density at radius 2 is 1.73 bits per heavy atom. The Balaban J connectivity index is 1.86. The second kappa shape index (κ2) is 7.75. The van der Waals surface area contributed by atoms with Crippen molar-refractivity contribution in [3.05, 3.63) is 42.2 Å². The summed E-state index contributed by atoms with van der Waals surface area (Å²) >= 11 is 1.12. The smallest absolute Gasteiger partial charge is 0.173 e. The van der Waals surface area contributed by atoms with Gasteiger partial charge in [-0.2, -0.15) is 0 Å². The zero-order valence-corrected chi connectivity index (χ0v) is 14.5. The third-order valence-electron chi connectivity index (χ3n) is 3.96. The Bertz CT molecular complexity index is 770. The van der Waals surface area contributed by atoms with Crippen molar-refractivity contribution >= 4 is 11.8 Å². The molecule has 1 aromatic carbocycles. The minimum atomic E-state index is -1.34. The third kappa shape index (κ3) is 3.75. The highest BCUT2D eigenvalue weighted by Crippen LogP contribution is 2.33. The third-order valence-corrected chi connectivity index (χ3v) is 5.20. The van der Waals surface area contributed by atoms with E-state index in [1.807, 2.05) is 0 Å². The summed E-state index contributed by atoms with van der Waals surface area (Å²) in [4.78, 5) is 3.92. The molecule has 0 radical (unpaired) electrons. The van der Waals surface area contributed by atoms with Crippen LogP contribution in [0.5, 0.6) is 11.5 Å². The van der Waals surface area contributed by atoms with Crippen molar-refractivity contribution in [1.82, 2.24) is 4.98 Å². The first-order chi connectivity index (χ1) is 12.4. The maximum atomic E-state index is 14.2. The van der Waals surface area contributed by atoms with Crippen molar-refractivity contribution in [2.45, 2.75) is 23.7 Å². The van der Waals surface area contributed by atoms with Gasteiger partial charge in [-0.1, -0.05) is 0 Å². The molecule has 6 nitrogen and oxygen atoms in total. The van der Waals surface area contributed by atoms with Gasteiger partial charge in [0, 0.05) is 29.6 Å². The van der Waals surface area contributed by atoms with E-state index in [1.54, 1.807) is 0 Å². The van der Waals surface area contributed by atoms with E-state index in [9.17, 15) is 24.1 Å². The number of aliphatic hydroxyl groups is 3. The summed E-state index contributed by atoms with van der Waals surface area (Å²) in [6.07, 6.45) is -1.10. The second-order valence-corrected chi connectivity index (χ2v) is 6.87. The summed E-state index contributed by atoms with van der Waals surface area (Å²) in [5.41, 5.74) is -0.983. The zero-order chi connectivity index (χ0) is 18.8. The number of thioether (sulfide) groups is 1. The summed E-state index contributed by atoms with van der Waals surface area (Å²) < 4.78 is 38.9. The quantitative estimate of drug-likeness (QED) is 0.736. The van der Waals surface area contributed by atoms with Gasteiger partial charge < -0.3 is 24.8 Å². The summed E-state index contributed by atoms with van der Waals surface area (Å²) in [6, 6.07) is 3.50. The first-order valence-corrected chi connectivity index (χ1v) is 8.76. The molecule has 2 aromatic rings. The van der Waals surface area contributed by atoms with E-state index >= 15 is 0 Å². The van der Waals surface area contributed by atoms with Crippen molar-refractivity contribution in [2.75, 3.05) is 12.9 Å². The number of nitrogens with zero attached hydrogens (tertiary/aromatic N) is 1. The fourth-order valence-electron chi connectivity index (χ4n) is 2.58. The normalized spacial score (nSPS) is 25.8. The van der Waals surface area contributed by atoms with E-state index in [1.165, 1.54) is 25.6 Å². The molecule has 0 amide bonds. The molecule has 1 fully saturated rings. The number of pyridine rings is 1. The molecule has 2 heterocycles. The van der Waals surface area contributed by atoms with E-state index in [-0.39, 0.29) is 28.4 Å². The van der Waals surface area contributed by atoms with Crippen molar-refractivity contribution in [1.29, 1.82) is 0 Å². The molecule has 0 bridgehead atoms. The van der Waals surface area contributed by atoms with Crippen LogP contribution in [0.1, 0.15) is 0 Å². The van der Waals surface area contributed by atoms with Crippen LogP contribution in [-0.2, 0) is 0 Å². The van der Waals surface area contributed by atoms with E-state index in [4.69, 9.17) is 9.47 Å². The first-order valence-electron chi connectivity index (χ1n) is 7.71. The Labute approximate surface area is 152 Å². The fourth-order valence-corrected chi connectivity index (χ4v) is 3.70. The minimum Gasteiger partial charge on any atom is -0.497 e. The molecule has 3 N–H and O–H groups in total. The van der Waals surface area contributed by atoms with Crippen LogP contribution < -0.4 is 9.47 Å². The average molecular weight is 385 g/mol. The number of hydrogen-bond acceptors (Lipinski definition) is 7. The standard InChI is InChI=1S/C17H17F2NO5S/c1-24-9-3-11(18)14(12(19)4-9)8-2-10(6-20-5-8)25-17-16(23)15(22)13(21)7-26-17/h2-6,13,15-17,21-23H,7H2,1H3/t13-,15+,16-,17-/m1/s1. The molecular formula is C17H17F2NO5S. The fraction of sp³-hybridized carbons (Fsp3) is 0.353. The van der Waals surface area contributed by atoms with Gasteiger partial charge in [0.25, 0.3) is 0 Å². The summed E-state index contributed by atoms with van der Waals surface area (Å²) in [5.74, 6) is -1.23. The van der Waals surface area contributed by atoms with Crippen molar-refractivity contribution < 1.29 is 33.6 Å². The van der Waals surface area contributed by atoms with Gasteiger partial charge in [0.05, 0.1) is 25.0 Å². The SMILES string of the molecule is COc1cc(F)c(-c2cncc(O[C@@H]3SC[C@@H](O)[C@H](O)[C@H]3O)c2)c(F)c1. The van der Waals surface area contributed by atoms with Crippen molar-refractivity contribution in [3.63, 3.8) is 0 Å². The van der Waals surface area contributed by atoms with Gasteiger partial charge in [-0.25, -0.2) is 8.78 Å². The number of benzene rings is 1. The number of halogens is 2. The number of aromatic nitrogens is 1. The van der Waals surface area contributed by atoms with Gasteiger partial charge in [0.1, 0.15) is 35.3 Å². The Kier molecular flexibility index (Phi) is 5.61. The lowest BCUT2D eigenvalue weighted by molar-refractivity contribution is -0.0786. The monoisotopic (exact) mass is 385 g/mol. The summed E-state index contributed by atoms with van der Waals surface area (Å²) in [6.45, 7) is 0. The minimum absolute atomic E-state index is 0.0541. The number of rotatable bonds is 4. The van der Waals surface area contributed by atoms with Crippen LogP contribution in [0, 0.1) is 11.6 Å². The number of hydrogen-bond donors (Lipinski definition) is 3. The molecule has 1 aliphatic rings. The van der Waals surface area contributed by atoms with Gasteiger partial charge in [-0.3, -0.25) is 4.98 Å². The maximum absolute atomic E-state index is 14.2. The molecule has 9 heteroatoms. The van der Waals surface area contributed by atoms with E-state index in [2.05, 4.69) is 4.98 Å². The molecular weight excluding hydrogens is 368 g/mol. The van der Waals surface area contributed by atoms with Crippen molar-refractivity contribution in [3.8, 4) is 22.6 Å². The zero-order valence-electron chi connectivity index (χ0n) is 13.7. The molecule has 0 aliphatic carbocycles. The largest absolute Gasteiger partial charge is 0.497 e. The topological polar surface area (TPSA) is 92.0 Å². The molecule has 3 rings (SSSR count). The lowest BCUT2D eigenvalue weighted by Gasteiger charge is -2.34. The predicted octanol–water partition coefficient (Wildman–Crippen LogP) is 1.57. The lowest BCUT2D eigenvalue weighted by atomic mass is 10.1. The average Bonchev–Trinajstić information content (AvgIpc) is 2.62. The number of ether oxygens (including phenoxy) is 2. The Hall–Kier alpha value is -1.94. The molecule has 1 saturated heterocycles. The molecule has 0 saturated carbocycles. The van der Waals surface area contributed by atoms with Crippen LogP contribution in [0.25, 0.3) is 11.1 Å². The van der Waals surface area contributed by atoms with Gasteiger partial charge in [-0.15, -0.1) is 11.8 Å². The molecule has 4 atom stereocenters. The highest BCUT2D eigenvalue weighted by molar-refractivity contribution is 7.99. The highest BCUT2D eigenvalue weighted by Gasteiger charge is 2.38. The summed E-state index contributed by atoms with van der Waals surface area (Å²) in [7, 11) is 1.31. The first kappa shape index (κ1) is 18.8. The van der Waals surface area contributed by atoms with Crippen LogP contribution >= 0.6 is 11.8 Å². The molecule has 1 aromatic heterocycles. The van der Waals surface area contributed by atoms with Crippen LogP contribution in [0.2, 0.25) is 0 Å². The molecule has 26 heavy (non-hydrogen) atoms. The molecule has 0 unspecified atom stereocenters. The molecule has 0 spiro atoms. The second-order valence-electron chi connectivity index (χ2n) is 5.74. The Morgan fingerprint density at radius 3 is 2.38 bits per heavy atom. The van der Waals surface area contributed by atoms with Gasteiger partial charge in [-0.05, 0) is 6.07 Å². The van der Waals surface area contributed by atoms with Gasteiger partial charge in [0.15, 0.2) is 5.44 Å². The van der Waals surface area contributed by atoms with Crippen LogP contribution in [0.15, 0.2) is 30.6 Å². The summed E-state index contributed by atoms with van der Waals surface area (Å²) in [5, 5.41) is 29.3. The highest BCUT2D eigenvalue weighted by atomic mass is 32.2. The van der Waals surface area contributed by atoms with Crippen molar-refractivity contribution in [2.24, 2.45) is 0 Å². The van der Waals surface area contributed by atoms with Crippen LogP contribution in [-0.4, -0.2) is 56.9 Å². The van der Waals surface area contributed by atoms with E-state index in [0.717, 1.165) is 23.9 Å². The van der Waals surface area contributed by atoms with Gasteiger partial charge in [0.2, 0.25) is 0 Å². The molecule has 1 aliphatic heterocycles. The lowest BCUT2D eigenvalue weighted by Crippen LogP contribution is -2.50. The van der Waals surface area contributed by atoms with Crippen LogP contribution in [0.3, 0.4) is 0 Å². The number of aliphatic hydroxyl groups excluding tert-OH is 3. The van der Waals surface area contributed by atoms with E-state index < -0.39 is 35.4 Å². The van der Waals surface area contributed by atoms with E-state index in [0.29, 0.717) is 0 Å². The maximum Gasteiger partial charge on any atom is 0.173 e. The Morgan fingerprint density at radius 1 is 1.04 bits per heavy atom. The predicted molar refractivity (Wildman–Crippen MR) is 91.0 cm³/mol. The van der Waals surface area contributed by atoms with Crippen LogP contribution in [0.4, 0.5) is 8.78 Å².